The van der Waals surface area contributed by atoms with E-state index in [0.29, 0.717) is 10.7 Å². The number of carbonyl (C=O) groups is 1. The maximum absolute atomic E-state index is 12.1. The monoisotopic (exact) mass is 279 g/mol. The van der Waals surface area contributed by atoms with Crippen molar-refractivity contribution in [1.82, 2.24) is 10.2 Å². The van der Waals surface area contributed by atoms with Crippen molar-refractivity contribution < 1.29 is 4.79 Å². The third-order valence-corrected chi connectivity index (χ3v) is 4.12. The van der Waals surface area contributed by atoms with Crippen LogP contribution in [0.3, 0.4) is 0 Å². The van der Waals surface area contributed by atoms with Crippen LogP contribution in [0.25, 0.3) is 0 Å². The molecule has 2 aromatic rings. The predicted molar refractivity (Wildman–Crippen MR) is 75.5 cm³/mol. The minimum Gasteiger partial charge on any atom is -0.296 e. The lowest BCUT2D eigenvalue weighted by Gasteiger charge is -2.05. The summed E-state index contributed by atoms with van der Waals surface area (Å²) in [6.45, 7) is 2.01. The fraction of sp³-hybridized carbons (Fsp3) is 0.250. The molecule has 0 spiro atoms. The molecule has 1 N–H and O–H groups in total. The molecule has 0 aliphatic heterocycles. The van der Waals surface area contributed by atoms with Crippen molar-refractivity contribution in [1.29, 1.82) is 0 Å². The number of hydrogen-bond donors (Lipinski definition) is 1. The van der Waals surface area contributed by atoms with Gasteiger partial charge in [-0.3, -0.25) is 10.1 Å². The molecule has 4 nitrogen and oxygen atoms in total. The second kappa shape index (κ2) is 5.97. The van der Waals surface area contributed by atoms with E-state index in [1.807, 2.05) is 37.4 Å². The molecule has 0 aliphatic carbocycles. The van der Waals surface area contributed by atoms with E-state index in [4.69, 9.17) is 0 Å². The van der Waals surface area contributed by atoms with Gasteiger partial charge in [-0.1, -0.05) is 30.4 Å². The summed E-state index contributed by atoms with van der Waals surface area (Å²) >= 11 is 2.96. The average Bonchev–Trinajstić information content (AvgIpc) is 2.86. The Balaban J connectivity index is 2.16. The van der Waals surface area contributed by atoms with Crippen LogP contribution in [0.15, 0.2) is 29.2 Å². The largest absolute Gasteiger partial charge is 0.296 e. The first-order valence-corrected chi connectivity index (χ1v) is 7.55. The maximum Gasteiger partial charge on any atom is 0.258 e. The second-order valence-corrected chi connectivity index (χ2v) is 5.42. The van der Waals surface area contributed by atoms with Crippen LogP contribution in [-0.4, -0.2) is 22.4 Å². The van der Waals surface area contributed by atoms with E-state index in [1.165, 1.54) is 11.3 Å². The zero-order valence-corrected chi connectivity index (χ0v) is 11.8. The summed E-state index contributed by atoms with van der Waals surface area (Å²) in [6, 6.07) is 7.51. The molecule has 0 saturated heterocycles. The van der Waals surface area contributed by atoms with Gasteiger partial charge in [0.2, 0.25) is 5.13 Å². The highest BCUT2D eigenvalue weighted by Crippen LogP contribution is 2.22. The van der Waals surface area contributed by atoms with Gasteiger partial charge in [-0.25, -0.2) is 0 Å². The van der Waals surface area contributed by atoms with E-state index in [0.717, 1.165) is 16.3 Å². The highest BCUT2D eigenvalue weighted by Gasteiger charge is 2.12. The van der Waals surface area contributed by atoms with Gasteiger partial charge in [0.1, 0.15) is 5.01 Å². The standard InChI is InChI=1S/C12H13N3OS2/c1-3-10-14-15-12(18-10)13-11(16)8-6-4-5-7-9(8)17-2/h4-7H,3H2,1-2H3,(H,13,15,16). The van der Waals surface area contributed by atoms with Gasteiger partial charge in [-0.15, -0.1) is 22.0 Å². The summed E-state index contributed by atoms with van der Waals surface area (Å²) in [5, 5.41) is 12.2. The van der Waals surface area contributed by atoms with Crippen LogP contribution < -0.4 is 5.32 Å². The van der Waals surface area contributed by atoms with Gasteiger partial charge in [0, 0.05) is 4.90 Å². The summed E-state index contributed by atoms with van der Waals surface area (Å²) in [5.74, 6) is -0.140. The zero-order chi connectivity index (χ0) is 13.0. The van der Waals surface area contributed by atoms with Crippen LogP contribution in [0.2, 0.25) is 0 Å². The molecular weight excluding hydrogens is 266 g/mol. The third kappa shape index (κ3) is 2.88. The summed E-state index contributed by atoms with van der Waals surface area (Å²) in [4.78, 5) is 13.1. The topological polar surface area (TPSA) is 54.9 Å². The molecular formula is C12H13N3OS2. The van der Waals surface area contributed by atoms with Gasteiger partial charge in [0.05, 0.1) is 5.56 Å². The maximum atomic E-state index is 12.1. The van der Waals surface area contributed by atoms with Crippen molar-refractivity contribution in [3.8, 4) is 0 Å². The Morgan fingerprint density at radius 1 is 1.39 bits per heavy atom. The molecule has 1 amide bonds. The predicted octanol–water partition coefficient (Wildman–Crippen LogP) is 3.07. The highest BCUT2D eigenvalue weighted by molar-refractivity contribution is 7.98. The molecule has 6 heteroatoms. The van der Waals surface area contributed by atoms with Crippen molar-refractivity contribution in [2.24, 2.45) is 0 Å². The fourth-order valence-electron chi connectivity index (χ4n) is 1.44. The molecule has 1 aromatic heterocycles. The van der Waals surface area contributed by atoms with E-state index in [9.17, 15) is 4.79 Å². The minimum absolute atomic E-state index is 0.140. The first-order valence-electron chi connectivity index (χ1n) is 5.51. The molecule has 0 atom stereocenters. The normalized spacial score (nSPS) is 10.3. The number of thioether (sulfide) groups is 1. The molecule has 1 aromatic carbocycles. The SMILES string of the molecule is CCc1nnc(NC(=O)c2ccccc2SC)s1. The minimum atomic E-state index is -0.140. The first-order chi connectivity index (χ1) is 8.74. The van der Waals surface area contributed by atoms with Gasteiger partial charge in [-0.05, 0) is 24.8 Å². The quantitative estimate of drug-likeness (QED) is 0.874. The molecule has 94 valence electrons. The fourth-order valence-corrected chi connectivity index (χ4v) is 2.71. The first kappa shape index (κ1) is 13.0. The van der Waals surface area contributed by atoms with Crippen molar-refractivity contribution in [3.63, 3.8) is 0 Å². The van der Waals surface area contributed by atoms with Crippen LogP contribution in [0.1, 0.15) is 22.3 Å². The van der Waals surface area contributed by atoms with E-state index in [-0.39, 0.29) is 5.91 Å². The smallest absolute Gasteiger partial charge is 0.258 e. The Kier molecular flexibility index (Phi) is 4.33. The Bertz CT molecular complexity index is 554. The summed E-state index contributed by atoms with van der Waals surface area (Å²) in [7, 11) is 0. The number of rotatable bonds is 4. The van der Waals surface area contributed by atoms with Crippen molar-refractivity contribution in [2.75, 3.05) is 11.6 Å². The number of nitrogens with one attached hydrogen (secondary N) is 1. The van der Waals surface area contributed by atoms with Gasteiger partial charge in [0.25, 0.3) is 5.91 Å². The number of anilines is 1. The number of nitrogens with zero attached hydrogens (tertiary/aromatic N) is 2. The molecule has 0 bridgehead atoms. The van der Waals surface area contributed by atoms with Gasteiger partial charge in [0.15, 0.2) is 0 Å². The lowest BCUT2D eigenvalue weighted by Crippen LogP contribution is -2.12. The number of carbonyl (C=O) groups excluding carboxylic acids is 1. The number of hydrogen-bond acceptors (Lipinski definition) is 5. The van der Waals surface area contributed by atoms with Gasteiger partial charge >= 0.3 is 0 Å². The second-order valence-electron chi connectivity index (χ2n) is 3.51. The Morgan fingerprint density at radius 2 is 2.17 bits per heavy atom. The van der Waals surface area contributed by atoms with Crippen LogP contribution >= 0.6 is 23.1 Å². The van der Waals surface area contributed by atoms with Gasteiger partial charge < -0.3 is 0 Å². The van der Waals surface area contributed by atoms with E-state index in [1.54, 1.807) is 11.8 Å². The zero-order valence-electron chi connectivity index (χ0n) is 10.1. The molecule has 0 unspecified atom stereocenters. The number of aromatic nitrogens is 2. The Morgan fingerprint density at radius 3 is 2.83 bits per heavy atom. The van der Waals surface area contributed by atoms with Crippen LogP contribution in [-0.2, 0) is 6.42 Å². The lowest BCUT2D eigenvalue weighted by atomic mass is 10.2. The average molecular weight is 279 g/mol. The van der Waals surface area contributed by atoms with E-state index in [2.05, 4.69) is 15.5 Å². The molecule has 0 aliphatic rings. The molecule has 18 heavy (non-hydrogen) atoms. The molecule has 0 saturated carbocycles. The molecule has 2 rings (SSSR count). The summed E-state index contributed by atoms with van der Waals surface area (Å²) < 4.78 is 0. The third-order valence-electron chi connectivity index (χ3n) is 2.34. The molecule has 1 heterocycles. The number of aryl methyl sites for hydroxylation is 1. The van der Waals surface area contributed by atoms with Crippen LogP contribution in [0.5, 0.6) is 0 Å². The summed E-state index contributed by atoms with van der Waals surface area (Å²) in [5.41, 5.74) is 0.665. The number of amides is 1. The summed E-state index contributed by atoms with van der Waals surface area (Å²) in [6.07, 6.45) is 2.78. The van der Waals surface area contributed by atoms with Crippen molar-refractivity contribution in [2.45, 2.75) is 18.2 Å². The van der Waals surface area contributed by atoms with Crippen molar-refractivity contribution >= 4 is 34.1 Å². The van der Waals surface area contributed by atoms with E-state index >= 15 is 0 Å². The molecule has 0 radical (unpaired) electrons. The van der Waals surface area contributed by atoms with Crippen LogP contribution in [0.4, 0.5) is 5.13 Å². The number of benzene rings is 1. The van der Waals surface area contributed by atoms with Crippen LogP contribution in [0, 0.1) is 0 Å². The van der Waals surface area contributed by atoms with Crippen molar-refractivity contribution in [3.05, 3.63) is 34.8 Å². The Hall–Kier alpha value is -1.40. The highest BCUT2D eigenvalue weighted by atomic mass is 32.2. The van der Waals surface area contributed by atoms with E-state index < -0.39 is 0 Å². The molecule has 0 fully saturated rings. The van der Waals surface area contributed by atoms with Gasteiger partial charge in [-0.2, -0.15) is 0 Å². The Labute approximate surface area is 114 Å². The lowest BCUT2D eigenvalue weighted by molar-refractivity contribution is 0.102.